The number of anilines is 2. The second-order valence-corrected chi connectivity index (χ2v) is 5.15. The van der Waals surface area contributed by atoms with Crippen molar-refractivity contribution in [3.8, 4) is 5.75 Å². The molecule has 0 unspecified atom stereocenters. The van der Waals surface area contributed by atoms with Crippen molar-refractivity contribution in [1.82, 2.24) is 10.3 Å². The first-order chi connectivity index (χ1) is 11.1. The molecule has 2 rings (SSSR count). The molecule has 1 heterocycles. The largest absolute Gasteiger partial charge is 0.494 e. The molecule has 2 aromatic rings. The molecule has 2 amide bonds. The number of ether oxygens (including phenoxy) is 1. The lowest BCUT2D eigenvalue weighted by Gasteiger charge is -2.16. The van der Waals surface area contributed by atoms with Crippen molar-refractivity contribution >= 4 is 17.5 Å². The van der Waals surface area contributed by atoms with Gasteiger partial charge in [-0.1, -0.05) is 6.07 Å². The number of pyridine rings is 1. The van der Waals surface area contributed by atoms with E-state index in [4.69, 9.17) is 4.74 Å². The number of amides is 2. The Labute approximate surface area is 136 Å². The normalized spacial score (nSPS) is 10.0. The van der Waals surface area contributed by atoms with Gasteiger partial charge in [0.1, 0.15) is 11.6 Å². The Bertz CT molecular complexity index is 641. The Morgan fingerprint density at radius 2 is 1.96 bits per heavy atom. The summed E-state index contributed by atoms with van der Waals surface area (Å²) >= 11 is 0. The Balaban J connectivity index is 1.90. The van der Waals surface area contributed by atoms with E-state index in [1.165, 1.54) is 0 Å². The number of nitrogens with zero attached hydrogens (tertiary/aromatic N) is 2. The van der Waals surface area contributed by atoms with Crippen LogP contribution in [0.4, 0.5) is 16.3 Å². The van der Waals surface area contributed by atoms with Gasteiger partial charge in [0.2, 0.25) is 0 Å². The van der Waals surface area contributed by atoms with E-state index in [9.17, 15) is 4.79 Å². The lowest BCUT2D eigenvalue weighted by Crippen LogP contribution is -2.29. The smallest absolute Gasteiger partial charge is 0.319 e. The van der Waals surface area contributed by atoms with Crippen molar-refractivity contribution in [3.05, 3.63) is 48.2 Å². The summed E-state index contributed by atoms with van der Waals surface area (Å²) in [6, 6.07) is 10.8. The molecule has 6 heteroatoms. The number of carbonyl (C=O) groups is 1. The molecular weight excluding hydrogens is 292 g/mol. The van der Waals surface area contributed by atoms with Crippen LogP contribution in [0.1, 0.15) is 12.5 Å². The van der Waals surface area contributed by atoms with E-state index in [-0.39, 0.29) is 6.03 Å². The first-order valence-corrected chi connectivity index (χ1v) is 7.49. The number of carbonyl (C=O) groups excluding carboxylic acids is 1. The van der Waals surface area contributed by atoms with Crippen LogP contribution in [0.15, 0.2) is 42.6 Å². The quantitative estimate of drug-likeness (QED) is 0.860. The molecule has 0 saturated carbocycles. The summed E-state index contributed by atoms with van der Waals surface area (Å²) in [5, 5.41) is 5.63. The van der Waals surface area contributed by atoms with Crippen molar-refractivity contribution in [2.24, 2.45) is 0 Å². The van der Waals surface area contributed by atoms with E-state index >= 15 is 0 Å². The maximum Gasteiger partial charge on any atom is 0.319 e. The topological polar surface area (TPSA) is 66.5 Å². The lowest BCUT2D eigenvalue weighted by molar-refractivity contribution is 0.251. The van der Waals surface area contributed by atoms with E-state index in [0.717, 1.165) is 17.1 Å². The van der Waals surface area contributed by atoms with Crippen molar-refractivity contribution in [1.29, 1.82) is 0 Å². The van der Waals surface area contributed by atoms with Gasteiger partial charge in [0.15, 0.2) is 0 Å². The highest BCUT2D eigenvalue weighted by atomic mass is 16.5. The number of hydrogen-bond donors (Lipinski definition) is 2. The third-order valence-electron chi connectivity index (χ3n) is 3.15. The van der Waals surface area contributed by atoms with E-state index in [2.05, 4.69) is 15.6 Å². The zero-order valence-electron chi connectivity index (χ0n) is 13.7. The van der Waals surface area contributed by atoms with Crippen molar-refractivity contribution < 1.29 is 9.53 Å². The number of aromatic nitrogens is 1. The van der Waals surface area contributed by atoms with Gasteiger partial charge in [0.05, 0.1) is 6.61 Å². The molecule has 0 aliphatic heterocycles. The maximum absolute atomic E-state index is 12.0. The first-order valence-electron chi connectivity index (χ1n) is 7.49. The van der Waals surface area contributed by atoms with Crippen LogP contribution in [-0.4, -0.2) is 31.7 Å². The summed E-state index contributed by atoms with van der Waals surface area (Å²) in [5.41, 5.74) is 1.67. The lowest BCUT2D eigenvalue weighted by atomic mass is 10.2. The number of hydrogen-bond acceptors (Lipinski definition) is 4. The van der Waals surface area contributed by atoms with Gasteiger partial charge in [0, 0.05) is 38.1 Å². The van der Waals surface area contributed by atoms with Crippen LogP contribution >= 0.6 is 0 Å². The Kier molecular flexibility index (Phi) is 5.80. The summed E-state index contributed by atoms with van der Waals surface area (Å²) in [7, 11) is 3.84. The molecule has 1 aromatic carbocycles. The van der Waals surface area contributed by atoms with Gasteiger partial charge in [-0.2, -0.15) is 0 Å². The Morgan fingerprint density at radius 1 is 1.22 bits per heavy atom. The van der Waals surface area contributed by atoms with Crippen molar-refractivity contribution in [3.63, 3.8) is 0 Å². The first kappa shape index (κ1) is 16.6. The summed E-state index contributed by atoms with van der Waals surface area (Å²) in [6.07, 6.45) is 1.73. The third kappa shape index (κ3) is 4.88. The van der Waals surface area contributed by atoms with Crippen molar-refractivity contribution in [2.45, 2.75) is 13.5 Å². The molecule has 2 N–H and O–H groups in total. The van der Waals surface area contributed by atoms with Gasteiger partial charge in [-0.05, 0) is 37.3 Å². The van der Waals surface area contributed by atoms with Crippen LogP contribution in [-0.2, 0) is 6.54 Å². The monoisotopic (exact) mass is 314 g/mol. The highest BCUT2D eigenvalue weighted by Crippen LogP contribution is 2.16. The van der Waals surface area contributed by atoms with Gasteiger partial charge in [-0.3, -0.25) is 0 Å². The predicted octanol–water partition coefficient (Wildman–Crippen LogP) is 2.87. The van der Waals surface area contributed by atoms with E-state index in [1.807, 2.05) is 50.2 Å². The minimum atomic E-state index is -0.261. The molecule has 0 saturated heterocycles. The number of rotatable bonds is 6. The molecule has 0 spiro atoms. The molecule has 6 nitrogen and oxygen atoms in total. The van der Waals surface area contributed by atoms with Crippen LogP contribution in [0.5, 0.6) is 5.75 Å². The second kappa shape index (κ2) is 8.03. The van der Waals surface area contributed by atoms with E-state index in [1.54, 1.807) is 18.3 Å². The predicted molar refractivity (Wildman–Crippen MR) is 92.0 cm³/mol. The molecule has 0 aliphatic carbocycles. The number of nitrogens with one attached hydrogen (secondary N) is 2. The Hall–Kier alpha value is -2.76. The molecule has 1 aromatic heterocycles. The van der Waals surface area contributed by atoms with E-state index in [0.29, 0.717) is 18.8 Å². The second-order valence-electron chi connectivity index (χ2n) is 5.15. The van der Waals surface area contributed by atoms with Gasteiger partial charge in [0.25, 0.3) is 0 Å². The highest BCUT2D eigenvalue weighted by molar-refractivity contribution is 5.89. The summed E-state index contributed by atoms with van der Waals surface area (Å²) in [5.74, 6) is 1.62. The molecule has 0 radical (unpaired) electrons. The maximum atomic E-state index is 12.0. The van der Waals surface area contributed by atoms with Gasteiger partial charge in [-0.25, -0.2) is 9.78 Å². The average Bonchev–Trinajstić information content (AvgIpc) is 2.55. The molecule has 0 bridgehead atoms. The van der Waals surface area contributed by atoms with Crippen LogP contribution in [0.2, 0.25) is 0 Å². The fourth-order valence-corrected chi connectivity index (χ4v) is 2.12. The summed E-state index contributed by atoms with van der Waals surface area (Å²) < 4.78 is 5.37. The van der Waals surface area contributed by atoms with Crippen LogP contribution < -0.4 is 20.3 Å². The molecular formula is C17H22N4O2. The van der Waals surface area contributed by atoms with Crippen LogP contribution in [0, 0.1) is 0 Å². The minimum Gasteiger partial charge on any atom is -0.494 e. The molecule has 0 atom stereocenters. The van der Waals surface area contributed by atoms with Gasteiger partial charge < -0.3 is 20.3 Å². The molecule has 0 aliphatic rings. The standard InChI is InChI=1S/C17H22N4O2/c1-4-23-15-9-7-14(8-10-15)20-17(22)19-12-13-6-5-11-18-16(13)21(2)3/h5-11H,4,12H2,1-3H3,(H2,19,20,22). The third-order valence-corrected chi connectivity index (χ3v) is 3.15. The van der Waals surface area contributed by atoms with Gasteiger partial charge >= 0.3 is 6.03 Å². The Morgan fingerprint density at radius 3 is 2.61 bits per heavy atom. The zero-order valence-corrected chi connectivity index (χ0v) is 13.7. The molecule has 122 valence electrons. The molecule has 23 heavy (non-hydrogen) atoms. The fraction of sp³-hybridized carbons (Fsp3) is 0.294. The van der Waals surface area contributed by atoms with Crippen LogP contribution in [0.25, 0.3) is 0 Å². The average molecular weight is 314 g/mol. The summed E-state index contributed by atoms with van der Waals surface area (Å²) in [4.78, 5) is 18.2. The van der Waals surface area contributed by atoms with Gasteiger partial charge in [-0.15, -0.1) is 0 Å². The number of benzene rings is 1. The van der Waals surface area contributed by atoms with Crippen molar-refractivity contribution in [2.75, 3.05) is 30.9 Å². The number of urea groups is 1. The summed E-state index contributed by atoms with van der Waals surface area (Å²) in [6.45, 7) is 2.96. The SMILES string of the molecule is CCOc1ccc(NC(=O)NCc2cccnc2N(C)C)cc1. The fourth-order valence-electron chi connectivity index (χ4n) is 2.12. The zero-order chi connectivity index (χ0) is 16.7. The highest BCUT2D eigenvalue weighted by Gasteiger charge is 2.07. The van der Waals surface area contributed by atoms with Crippen LogP contribution in [0.3, 0.4) is 0 Å². The molecule has 0 fully saturated rings. The van der Waals surface area contributed by atoms with E-state index < -0.39 is 0 Å². The minimum absolute atomic E-state index is 0.261.